The van der Waals surface area contributed by atoms with Gasteiger partial charge in [-0.1, -0.05) is 6.42 Å². The second-order valence-electron chi connectivity index (χ2n) is 2.78. The number of nitrogens with two attached hydrogens (primary N) is 1. The lowest BCUT2D eigenvalue weighted by molar-refractivity contribution is -0.124. The van der Waals surface area contributed by atoms with Crippen LogP contribution in [0.3, 0.4) is 0 Å². The lowest BCUT2D eigenvalue weighted by atomic mass is 10.0. The average Bonchev–Trinajstić information content (AvgIpc) is 2.30. The summed E-state index contributed by atoms with van der Waals surface area (Å²) in [5, 5.41) is 0. The molecule has 0 saturated carbocycles. The Kier molecular flexibility index (Phi) is 3.72. The first-order valence-electron chi connectivity index (χ1n) is 3.93. The minimum atomic E-state index is -0.000556. The second-order valence-corrected chi connectivity index (χ2v) is 3.93. The normalized spacial score (nSPS) is 25.7. The molecule has 1 aliphatic rings. The lowest BCUT2D eigenvalue weighted by Gasteiger charge is -2.10. The summed E-state index contributed by atoms with van der Waals surface area (Å²) in [4.78, 5) is 11.1. The van der Waals surface area contributed by atoms with Gasteiger partial charge in [0, 0.05) is 11.7 Å². The van der Waals surface area contributed by atoms with Gasteiger partial charge in [-0.2, -0.15) is 11.8 Å². The van der Waals surface area contributed by atoms with Gasteiger partial charge in [0.25, 0.3) is 0 Å². The molecular weight excluding hydrogens is 160 g/mol. The monoisotopic (exact) mass is 174 g/mol. The molecule has 0 aromatic rings. The Bertz CT molecular complexity index is 132. The highest BCUT2D eigenvalue weighted by atomic mass is 32.2. The molecular formula is C7H14N2OS. The van der Waals surface area contributed by atoms with Crippen LogP contribution in [0.5, 0.6) is 0 Å². The van der Waals surface area contributed by atoms with E-state index in [0.29, 0.717) is 0 Å². The minimum Gasteiger partial charge on any atom is -0.294 e. The fourth-order valence-electron chi connectivity index (χ4n) is 1.23. The van der Waals surface area contributed by atoms with Crippen molar-refractivity contribution in [3.05, 3.63) is 0 Å². The molecule has 1 fully saturated rings. The highest BCUT2D eigenvalue weighted by Crippen LogP contribution is 2.21. The van der Waals surface area contributed by atoms with Crippen LogP contribution in [0.2, 0.25) is 0 Å². The number of thioether (sulfide) groups is 1. The Morgan fingerprint density at radius 1 is 1.55 bits per heavy atom. The van der Waals surface area contributed by atoms with Gasteiger partial charge in [-0.15, -0.1) is 0 Å². The van der Waals surface area contributed by atoms with E-state index < -0.39 is 0 Å². The van der Waals surface area contributed by atoms with Crippen molar-refractivity contribution in [3.63, 3.8) is 0 Å². The van der Waals surface area contributed by atoms with Gasteiger partial charge in [0.05, 0.1) is 0 Å². The molecule has 3 nitrogen and oxygen atoms in total. The van der Waals surface area contributed by atoms with Crippen molar-refractivity contribution >= 4 is 17.7 Å². The van der Waals surface area contributed by atoms with Crippen LogP contribution in [0.4, 0.5) is 0 Å². The van der Waals surface area contributed by atoms with Gasteiger partial charge in [-0.25, -0.2) is 5.84 Å². The smallest absolute Gasteiger partial charge is 0.237 e. The summed E-state index contributed by atoms with van der Waals surface area (Å²) < 4.78 is 0. The molecule has 1 atom stereocenters. The molecule has 4 heteroatoms. The van der Waals surface area contributed by atoms with Gasteiger partial charge in [0.1, 0.15) is 0 Å². The van der Waals surface area contributed by atoms with Crippen LogP contribution in [0.15, 0.2) is 0 Å². The molecule has 11 heavy (non-hydrogen) atoms. The Morgan fingerprint density at radius 2 is 2.36 bits per heavy atom. The van der Waals surface area contributed by atoms with Crippen molar-refractivity contribution in [2.24, 2.45) is 11.8 Å². The van der Waals surface area contributed by atoms with Crippen molar-refractivity contribution in [1.82, 2.24) is 5.43 Å². The third-order valence-corrected chi connectivity index (χ3v) is 3.14. The average molecular weight is 174 g/mol. The maximum absolute atomic E-state index is 11.1. The van der Waals surface area contributed by atoms with Gasteiger partial charge in [0.15, 0.2) is 0 Å². The summed E-state index contributed by atoms with van der Waals surface area (Å²) in [7, 11) is 0. The van der Waals surface area contributed by atoms with Crippen LogP contribution >= 0.6 is 11.8 Å². The number of carbonyl (C=O) groups excluding carboxylic acids is 1. The lowest BCUT2D eigenvalue weighted by Crippen LogP contribution is -2.36. The molecule has 1 unspecified atom stereocenters. The molecule has 0 spiro atoms. The van der Waals surface area contributed by atoms with E-state index in [1.165, 1.54) is 12.2 Å². The van der Waals surface area contributed by atoms with E-state index >= 15 is 0 Å². The van der Waals surface area contributed by atoms with E-state index in [0.717, 1.165) is 18.6 Å². The summed E-state index contributed by atoms with van der Waals surface area (Å²) in [6.45, 7) is 0. The largest absolute Gasteiger partial charge is 0.294 e. The number of rotatable bonds is 1. The molecule has 0 aromatic heterocycles. The summed E-state index contributed by atoms with van der Waals surface area (Å²) >= 11 is 1.85. The molecule has 1 aliphatic heterocycles. The molecule has 1 amide bonds. The van der Waals surface area contributed by atoms with Gasteiger partial charge in [-0.3, -0.25) is 10.2 Å². The minimum absolute atomic E-state index is 0.000556. The molecule has 0 radical (unpaired) electrons. The van der Waals surface area contributed by atoms with E-state index in [1.54, 1.807) is 0 Å². The van der Waals surface area contributed by atoms with E-state index in [2.05, 4.69) is 5.43 Å². The second kappa shape index (κ2) is 4.62. The van der Waals surface area contributed by atoms with Crippen LogP contribution in [-0.4, -0.2) is 17.4 Å². The van der Waals surface area contributed by atoms with E-state index in [9.17, 15) is 4.79 Å². The predicted molar refractivity (Wildman–Crippen MR) is 47.0 cm³/mol. The number of carbonyl (C=O) groups is 1. The maximum Gasteiger partial charge on any atom is 0.237 e. The molecule has 0 bridgehead atoms. The molecule has 3 N–H and O–H groups in total. The van der Waals surface area contributed by atoms with Gasteiger partial charge in [-0.05, 0) is 18.6 Å². The van der Waals surface area contributed by atoms with Crippen LogP contribution < -0.4 is 11.3 Å². The first-order chi connectivity index (χ1) is 5.34. The Morgan fingerprint density at radius 3 is 3.09 bits per heavy atom. The van der Waals surface area contributed by atoms with Crippen molar-refractivity contribution in [1.29, 1.82) is 0 Å². The highest BCUT2D eigenvalue weighted by molar-refractivity contribution is 7.99. The summed E-state index contributed by atoms with van der Waals surface area (Å²) in [6.07, 6.45) is 3.39. The van der Waals surface area contributed by atoms with Crippen LogP contribution in [0, 0.1) is 5.92 Å². The number of nitrogens with one attached hydrogen (secondary N) is 1. The van der Waals surface area contributed by atoms with Crippen LogP contribution in [0.25, 0.3) is 0 Å². The quantitative estimate of drug-likeness (QED) is 0.346. The molecule has 1 saturated heterocycles. The predicted octanol–water partition coefficient (Wildman–Crippen LogP) is 0.510. The van der Waals surface area contributed by atoms with E-state index in [-0.39, 0.29) is 11.8 Å². The van der Waals surface area contributed by atoms with Gasteiger partial charge < -0.3 is 0 Å². The first kappa shape index (κ1) is 8.87. The number of hydrogen-bond donors (Lipinski definition) is 2. The molecule has 0 aliphatic carbocycles. The zero-order valence-electron chi connectivity index (χ0n) is 6.51. The van der Waals surface area contributed by atoms with Crippen LogP contribution in [-0.2, 0) is 4.79 Å². The molecule has 64 valence electrons. The third kappa shape index (κ3) is 2.71. The Hall–Kier alpha value is -0.220. The maximum atomic E-state index is 11.1. The molecule has 1 heterocycles. The van der Waals surface area contributed by atoms with Crippen molar-refractivity contribution in [2.45, 2.75) is 19.3 Å². The standard InChI is InChI=1S/C7H14N2OS/c8-9-7(10)6-3-1-2-4-11-5-6/h6H,1-5,8H2,(H,9,10). The topological polar surface area (TPSA) is 55.1 Å². The van der Waals surface area contributed by atoms with Gasteiger partial charge in [0.2, 0.25) is 5.91 Å². The number of hydrazine groups is 1. The van der Waals surface area contributed by atoms with Gasteiger partial charge >= 0.3 is 0 Å². The zero-order valence-corrected chi connectivity index (χ0v) is 7.32. The summed E-state index contributed by atoms with van der Waals surface area (Å²) in [6, 6.07) is 0. The van der Waals surface area contributed by atoms with Crippen molar-refractivity contribution in [3.8, 4) is 0 Å². The number of hydrogen-bond acceptors (Lipinski definition) is 3. The number of amides is 1. The van der Waals surface area contributed by atoms with Crippen molar-refractivity contribution < 1.29 is 4.79 Å². The SMILES string of the molecule is NNC(=O)C1CCCCSC1. The fourth-order valence-corrected chi connectivity index (χ4v) is 2.41. The third-order valence-electron chi connectivity index (χ3n) is 1.92. The van der Waals surface area contributed by atoms with E-state index in [4.69, 9.17) is 5.84 Å². The summed E-state index contributed by atoms with van der Waals surface area (Å²) in [5.74, 6) is 7.31. The first-order valence-corrected chi connectivity index (χ1v) is 5.08. The Labute approximate surface area is 71.1 Å². The fraction of sp³-hybridized carbons (Fsp3) is 0.857. The molecule has 0 aromatic carbocycles. The van der Waals surface area contributed by atoms with Crippen LogP contribution in [0.1, 0.15) is 19.3 Å². The Balaban J connectivity index is 2.36. The zero-order chi connectivity index (χ0) is 8.10. The van der Waals surface area contributed by atoms with Crippen molar-refractivity contribution in [2.75, 3.05) is 11.5 Å². The van der Waals surface area contributed by atoms with E-state index in [1.807, 2.05) is 11.8 Å². The highest BCUT2D eigenvalue weighted by Gasteiger charge is 2.18. The summed E-state index contributed by atoms with van der Waals surface area (Å²) in [5.41, 5.74) is 2.21. The molecule has 1 rings (SSSR count).